The van der Waals surface area contributed by atoms with Gasteiger partial charge in [0.25, 0.3) is 0 Å². The van der Waals surface area contributed by atoms with Crippen LogP contribution in [0, 0.1) is 11.3 Å². The van der Waals surface area contributed by atoms with Crippen LogP contribution in [0.4, 0.5) is 0 Å². The predicted octanol–water partition coefficient (Wildman–Crippen LogP) is 3.72. The van der Waals surface area contributed by atoms with Crippen molar-refractivity contribution >= 4 is 0 Å². The maximum Gasteiger partial charge on any atom is 0.119 e. The number of rotatable bonds is 5. The number of benzene rings is 1. The summed E-state index contributed by atoms with van der Waals surface area (Å²) >= 11 is 0. The first kappa shape index (κ1) is 15.8. The van der Waals surface area contributed by atoms with Crippen LogP contribution >= 0.6 is 0 Å². The lowest BCUT2D eigenvalue weighted by molar-refractivity contribution is 0.0342. The Morgan fingerprint density at radius 1 is 1.18 bits per heavy atom. The zero-order valence-corrected chi connectivity index (χ0v) is 14.0. The van der Waals surface area contributed by atoms with Crippen molar-refractivity contribution < 1.29 is 9.47 Å². The molecule has 3 nitrogen and oxygen atoms in total. The highest BCUT2D eigenvalue weighted by molar-refractivity contribution is 5.27. The molecule has 1 aromatic carbocycles. The normalized spacial score (nSPS) is 25.3. The Bertz CT molecular complexity index is 463. The summed E-state index contributed by atoms with van der Waals surface area (Å²) < 4.78 is 11.4. The third-order valence-electron chi connectivity index (χ3n) is 4.99. The first-order valence-electron chi connectivity index (χ1n) is 8.63. The zero-order valence-electron chi connectivity index (χ0n) is 14.0. The van der Waals surface area contributed by atoms with Crippen molar-refractivity contribution in [1.29, 1.82) is 0 Å². The number of morpholine rings is 1. The molecule has 22 heavy (non-hydrogen) atoms. The van der Waals surface area contributed by atoms with E-state index < -0.39 is 0 Å². The Labute approximate surface area is 134 Å². The van der Waals surface area contributed by atoms with Crippen LogP contribution in [-0.2, 0) is 11.3 Å². The van der Waals surface area contributed by atoms with Gasteiger partial charge >= 0.3 is 0 Å². The summed E-state index contributed by atoms with van der Waals surface area (Å²) in [6.45, 7) is 10.4. The van der Waals surface area contributed by atoms with Gasteiger partial charge in [0.15, 0.2) is 0 Å². The van der Waals surface area contributed by atoms with Crippen LogP contribution in [0.15, 0.2) is 24.3 Å². The Kier molecular flexibility index (Phi) is 5.04. The largest absolute Gasteiger partial charge is 0.493 e. The Morgan fingerprint density at radius 3 is 2.55 bits per heavy atom. The molecule has 1 atom stereocenters. The maximum absolute atomic E-state index is 5.99. The zero-order chi connectivity index (χ0) is 15.4. The number of hydrogen-bond donors (Lipinski definition) is 0. The minimum absolute atomic E-state index is 0.510. The van der Waals surface area contributed by atoms with E-state index in [4.69, 9.17) is 9.47 Å². The van der Waals surface area contributed by atoms with E-state index in [1.165, 1.54) is 24.8 Å². The molecule has 0 spiro atoms. The maximum atomic E-state index is 5.99. The lowest BCUT2D eigenvalue weighted by Crippen LogP contribution is -2.35. The van der Waals surface area contributed by atoms with Crippen molar-refractivity contribution in [2.45, 2.75) is 39.7 Å². The molecular formula is C19H29NO2. The van der Waals surface area contributed by atoms with Crippen LogP contribution in [-0.4, -0.2) is 37.8 Å². The molecule has 3 rings (SSSR count). The Balaban J connectivity index is 1.45. The van der Waals surface area contributed by atoms with E-state index in [1.54, 1.807) is 0 Å². The fraction of sp³-hybridized carbons (Fsp3) is 0.684. The number of hydrogen-bond acceptors (Lipinski definition) is 3. The van der Waals surface area contributed by atoms with Gasteiger partial charge < -0.3 is 9.47 Å². The first-order chi connectivity index (χ1) is 10.6. The second kappa shape index (κ2) is 7.01. The first-order valence-corrected chi connectivity index (χ1v) is 8.63. The average molecular weight is 303 g/mol. The van der Waals surface area contributed by atoms with E-state index in [1.807, 2.05) is 0 Å². The lowest BCUT2D eigenvalue weighted by Gasteiger charge is -2.26. The van der Waals surface area contributed by atoms with Gasteiger partial charge in [0.1, 0.15) is 5.75 Å². The molecule has 1 heterocycles. The summed E-state index contributed by atoms with van der Waals surface area (Å²) in [5.74, 6) is 1.73. The van der Waals surface area contributed by atoms with Gasteiger partial charge in [-0.25, -0.2) is 0 Å². The molecule has 1 aliphatic heterocycles. The van der Waals surface area contributed by atoms with Crippen LogP contribution in [0.25, 0.3) is 0 Å². The standard InChI is InChI=1S/C19H29NO2/c1-19(2)8-7-17(13-19)15-22-18-5-3-16(4-6-18)14-20-9-11-21-12-10-20/h3-6,17H,7-15H2,1-2H3. The molecule has 0 aromatic heterocycles. The van der Waals surface area contributed by atoms with Crippen molar-refractivity contribution in [2.24, 2.45) is 11.3 Å². The SMILES string of the molecule is CC1(C)CCC(COc2ccc(CN3CCOCC3)cc2)C1. The third-order valence-corrected chi connectivity index (χ3v) is 4.99. The van der Waals surface area contributed by atoms with Gasteiger partial charge in [-0.05, 0) is 48.3 Å². The Hall–Kier alpha value is -1.06. The van der Waals surface area contributed by atoms with Crippen molar-refractivity contribution in [3.63, 3.8) is 0 Å². The van der Waals surface area contributed by atoms with Crippen molar-refractivity contribution in [3.05, 3.63) is 29.8 Å². The summed E-state index contributed by atoms with van der Waals surface area (Å²) in [6, 6.07) is 8.64. The molecule has 1 aromatic rings. The van der Waals surface area contributed by atoms with E-state index in [-0.39, 0.29) is 0 Å². The molecule has 1 saturated carbocycles. The summed E-state index contributed by atoms with van der Waals surface area (Å²) in [7, 11) is 0. The van der Waals surface area contributed by atoms with Gasteiger partial charge in [0.05, 0.1) is 19.8 Å². The molecule has 0 amide bonds. The van der Waals surface area contributed by atoms with Gasteiger partial charge in [0.2, 0.25) is 0 Å². The molecule has 122 valence electrons. The molecule has 1 aliphatic carbocycles. The van der Waals surface area contributed by atoms with E-state index in [9.17, 15) is 0 Å². The lowest BCUT2D eigenvalue weighted by atomic mass is 9.91. The highest BCUT2D eigenvalue weighted by atomic mass is 16.5. The van der Waals surface area contributed by atoms with E-state index in [0.29, 0.717) is 5.41 Å². The number of nitrogens with zero attached hydrogens (tertiary/aromatic N) is 1. The van der Waals surface area contributed by atoms with Gasteiger partial charge in [-0.3, -0.25) is 4.90 Å². The van der Waals surface area contributed by atoms with Crippen molar-refractivity contribution in [1.82, 2.24) is 4.90 Å². The molecule has 2 aliphatic rings. The summed E-state index contributed by atoms with van der Waals surface area (Å²) in [6.07, 6.45) is 3.93. The van der Waals surface area contributed by atoms with Crippen LogP contribution < -0.4 is 4.74 Å². The van der Waals surface area contributed by atoms with Gasteiger partial charge in [0, 0.05) is 19.6 Å². The molecule has 1 unspecified atom stereocenters. The highest BCUT2D eigenvalue weighted by Crippen LogP contribution is 2.40. The minimum Gasteiger partial charge on any atom is -0.493 e. The van der Waals surface area contributed by atoms with Gasteiger partial charge in [-0.1, -0.05) is 26.0 Å². The fourth-order valence-corrected chi connectivity index (χ4v) is 3.65. The Morgan fingerprint density at radius 2 is 1.91 bits per heavy atom. The molecular weight excluding hydrogens is 274 g/mol. The molecule has 1 saturated heterocycles. The monoisotopic (exact) mass is 303 g/mol. The van der Waals surface area contributed by atoms with Crippen LogP contribution in [0.3, 0.4) is 0 Å². The molecule has 2 fully saturated rings. The van der Waals surface area contributed by atoms with Gasteiger partial charge in [-0.15, -0.1) is 0 Å². The van der Waals surface area contributed by atoms with Crippen LogP contribution in [0.1, 0.15) is 38.7 Å². The quantitative estimate of drug-likeness (QED) is 0.827. The topological polar surface area (TPSA) is 21.7 Å². The second-order valence-electron chi connectivity index (χ2n) is 7.62. The summed E-state index contributed by atoms with van der Waals surface area (Å²) in [5, 5.41) is 0. The third kappa shape index (κ3) is 4.47. The smallest absolute Gasteiger partial charge is 0.119 e. The van der Waals surface area contributed by atoms with E-state index in [0.717, 1.165) is 51.1 Å². The van der Waals surface area contributed by atoms with Crippen LogP contribution in [0.2, 0.25) is 0 Å². The molecule has 3 heteroatoms. The summed E-state index contributed by atoms with van der Waals surface area (Å²) in [5.41, 5.74) is 1.87. The molecule has 0 N–H and O–H groups in total. The second-order valence-corrected chi connectivity index (χ2v) is 7.62. The van der Waals surface area contributed by atoms with E-state index >= 15 is 0 Å². The average Bonchev–Trinajstić information content (AvgIpc) is 2.87. The number of ether oxygens (including phenoxy) is 2. The summed E-state index contributed by atoms with van der Waals surface area (Å²) in [4.78, 5) is 2.44. The van der Waals surface area contributed by atoms with Gasteiger partial charge in [-0.2, -0.15) is 0 Å². The van der Waals surface area contributed by atoms with Crippen molar-refractivity contribution in [3.8, 4) is 5.75 Å². The van der Waals surface area contributed by atoms with Crippen LogP contribution in [0.5, 0.6) is 5.75 Å². The molecule has 0 bridgehead atoms. The molecule has 0 radical (unpaired) electrons. The highest BCUT2D eigenvalue weighted by Gasteiger charge is 2.31. The van der Waals surface area contributed by atoms with Crippen molar-refractivity contribution in [2.75, 3.05) is 32.9 Å². The predicted molar refractivity (Wildman–Crippen MR) is 89.2 cm³/mol. The fourth-order valence-electron chi connectivity index (χ4n) is 3.65. The van der Waals surface area contributed by atoms with E-state index in [2.05, 4.69) is 43.0 Å². The minimum atomic E-state index is 0.510.